The van der Waals surface area contributed by atoms with Crippen LogP contribution in [0, 0.1) is 6.92 Å². The van der Waals surface area contributed by atoms with Crippen molar-refractivity contribution in [1.29, 1.82) is 0 Å². The quantitative estimate of drug-likeness (QED) is 0.921. The van der Waals surface area contributed by atoms with Gasteiger partial charge in [-0.15, -0.1) is 0 Å². The van der Waals surface area contributed by atoms with Crippen LogP contribution in [0.25, 0.3) is 10.8 Å². The van der Waals surface area contributed by atoms with Gasteiger partial charge in [-0.05, 0) is 43.0 Å². The van der Waals surface area contributed by atoms with Crippen LogP contribution in [0.5, 0.6) is 0 Å². The molecule has 1 atom stereocenters. The minimum Gasteiger partial charge on any atom is -0.379 e. The molecule has 1 aliphatic heterocycles. The highest BCUT2D eigenvalue weighted by atomic mass is 16.5. The molecule has 106 valence electrons. The second-order valence-corrected chi connectivity index (χ2v) is 6.35. The summed E-state index contributed by atoms with van der Waals surface area (Å²) in [7, 11) is 0. The molecule has 0 aliphatic carbocycles. The zero-order chi connectivity index (χ0) is 14.2. The number of rotatable bonds is 4. The lowest BCUT2D eigenvalue weighted by molar-refractivity contribution is -0.0656. The van der Waals surface area contributed by atoms with Crippen LogP contribution >= 0.6 is 0 Å². The van der Waals surface area contributed by atoms with E-state index in [4.69, 9.17) is 10.5 Å². The molecule has 0 amide bonds. The SMILES string of the molecule is Cc1ccc2cc(C3(CCC(C)N)COC3)ccc2c1. The Morgan fingerprint density at radius 1 is 1.15 bits per heavy atom. The fraction of sp³-hybridized carbons (Fsp3) is 0.444. The number of hydrogen-bond acceptors (Lipinski definition) is 2. The summed E-state index contributed by atoms with van der Waals surface area (Å²) in [6, 6.07) is 13.7. The van der Waals surface area contributed by atoms with Crippen molar-refractivity contribution in [2.24, 2.45) is 5.73 Å². The zero-order valence-electron chi connectivity index (χ0n) is 12.4. The summed E-state index contributed by atoms with van der Waals surface area (Å²) in [5.41, 5.74) is 8.82. The second kappa shape index (κ2) is 5.19. The highest BCUT2D eigenvalue weighted by Crippen LogP contribution is 2.38. The van der Waals surface area contributed by atoms with Gasteiger partial charge in [0, 0.05) is 11.5 Å². The van der Waals surface area contributed by atoms with E-state index in [1.807, 2.05) is 0 Å². The molecule has 20 heavy (non-hydrogen) atoms. The molecule has 0 aromatic heterocycles. The molecule has 0 spiro atoms. The smallest absolute Gasteiger partial charge is 0.0585 e. The van der Waals surface area contributed by atoms with Crippen molar-refractivity contribution in [2.45, 2.75) is 38.1 Å². The standard InChI is InChI=1S/C18H23NO/c1-13-3-4-16-10-17(6-5-15(16)9-13)18(11-20-12-18)8-7-14(2)19/h3-6,9-10,14H,7-8,11-12,19H2,1-2H3. The van der Waals surface area contributed by atoms with Crippen LogP contribution in [0.3, 0.4) is 0 Å². The molecule has 2 aromatic rings. The Bertz CT molecular complexity index is 614. The van der Waals surface area contributed by atoms with E-state index in [0.29, 0.717) is 0 Å². The Balaban J connectivity index is 1.93. The highest BCUT2D eigenvalue weighted by molar-refractivity contribution is 5.84. The van der Waals surface area contributed by atoms with Gasteiger partial charge in [0.25, 0.3) is 0 Å². The van der Waals surface area contributed by atoms with Gasteiger partial charge < -0.3 is 10.5 Å². The fourth-order valence-electron chi connectivity index (χ4n) is 3.00. The topological polar surface area (TPSA) is 35.2 Å². The Morgan fingerprint density at radius 3 is 2.50 bits per heavy atom. The Hall–Kier alpha value is -1.38. The van der Waals surface area contributed by atoms with E-state index >= 15 is 0 Å². The molecule has 2 aromatic carbocycles. The number of fused-ring (bicyclic) bond motifs is 1. The van der Waals surface area contributed by atoms with Gasteiger partial charge in [-0.2, -0.15) is 0 Å². The molecule has 1 saturated heterocycles. The van der Waals surface area contributed by atoms with Gasteiger partial charge in [-0.1, -0.05) is 42.0 Å². The third-order valence-electron chi connectivity index (χ3n) is 4.44. The van der Waals surface area contributed by atoms with Crippen LogP contribution in [0.15, 0.2) is 36.4 Å². The van der Waals surface area contributed by atoms with Crippen LogP contribution < -0.4 is 5.73 Å². The Morgan fingerprint density at radius 2 is 1.85 bits per heavy atom. The predicted molar refractivity (Wildman–Crippen MR) is 84.1 cm³/mol. The van der Waals surface area contributed by atoms with Crippen molar-refractivity contribution >= 4 is 10.8 Å². The number of hydrogen-bond donors (Lipinski definition) is 1. The van der Waals surface area contributed by atoms with Crippen LogP contribution in [0.4, 0.5) is 0 Å². The first-order valence-electron chi connectivity index (χ1n) is 7.43. The number of ether oxygens (including phenoxy) is 1. The highest BCUT2D eigenvalue weighted by Gasteiger charge is 2.39. The summed E-state index contributed by atoms with van der Waals surface area (Å²) in [4.78, 5) is 0. The van der Waals surface area contributed by atoms with Gasteiger partial charge in [-0.25, -0.2) is 0 Å². The van der Waals surface area contributed by atoms with Crippen LogP contribution in [0.2, 0.25) is 0 Å². The lowest BCUT2D eigenvalue weighted by Gasteiger charge is -2.42. The lowest BCUT2D eigenvalue weighted by Crippen LogP contribution is -2.47. The molecule has 1 unspecified atom stereocenters. The molecule has 3 rings (SSSR count). The van der Waals surface area contributed by atoms with Gasteiger partial charge in [0.05, 0.1) is 13.2 Å². The number of nitrogens with two attached hydrogens (primary N) is 1. The van der Waals surface area contributed by atoms with Crippen molar-refractivity contribution in [2.75, 3.05) is 13.2 Å². The van der Waals surface area contributed by atoms with Gasteiger partial charge in [-0.3, -0.25) is 0 Å². The molecule has 0 saturated carbocycles. The van der Waals surface area contributed by atoms with Crippen molar-refractivity contribution in [3.63, 3.8) is 0 Å². The zero-order valence-corrected chi connectivity index (χ0v) is 12.4. The Labute approximate surface area is 120 Å². The molecule has 1 aliphatic rings. The van der Waals surface area contributed by atoms with Gasteiger partial charge in [0.1, 0.15) is 0 Å². The molecule has 2 heteroatoms. The monoisotopic (exact) mass is 269 g/mol. The number of aryl methyl sites for hydroxylation is 1. The van der Waals surface area contributed by atoms with E-state index in [9.17, 15) is 0 Å². The van der Waals surface area contributed by atoms with E-state index < -0.39 is 0 Å². The summed E-state index contributed by atoms with van der Waals surface area (Å²) < 4.78 is 5.52. The van der Waals surface area contributed by atoms with Crippen molar-refractivity contribution < 1.29 is 4.74 Å². The summed E-state index contributed by atoms with van der Waals surface area (Å²) in [5.74, 6) is 0. The summed E-state index contributed by atoms with van der Waals surface area (Å²) in [6.45, 7) is 5.88. The van der Waals surface area contributed by atoms with E-state index in [2.05, 4.69) is 50.2 Å². The van der Waals surface area contributed by atoms with Crippen molar-refractivity contribution in [3.05, 3.63) is 47.5 Å². The minimum absolute atomic E-state index is 0.187. The van der Waals surface area contributed by atoms with Crippen LogP contribution in [-0.4, -0.2) is 19.3 Å². The second-order valence-electron chi connectivity index (χ2n) is 6.35. The maximum atomic E-state index is 5.92. The molecular formula is C18H23NO. The molecule has 0 bridgehead atoms. The fourth-order valence-corrected chi connectivity index (χ4v) is 3.00. The first-order valence-corrected chi connectivity index (χ1v) is 7.43. The largest absolute Gasteiger partial charge is 0.379 e. The average Bonchev–Trinajstić information content (AvgIpc) is 2.37. The summed E-state index contributed by atoms with van der Waals surface area (Å²) >= 11 is 0. The molecule has 1 fully saturated rings. The summed E-state index contributed by atoms with van der Waals surface area (Å²) in [6.07, 6.45) is 2.16. The van der Waals surface area contributed by atoms with Crippen LogP contribution in [0.1, 0.15) is 30.9 Å². The van der Waals surface area contributed by atoms with E-state index in [-0.39, 0.29) is 11.5 Å². The first-order chi connectivity index (χ1) is 9.59. The molecular weight excluding hydrogens is 246 g/mol. The third kappa shape index (κ3) is 2.46. The lowest BCUT2D eigenvalue weighted by atomic mass is 9.74. The van der Waals surface area contributed by atoms with Gasteiger partial charge in [0.2, 0.25) is 0 Å². The van der Waals surface area contributed by atoms with Crippen LogP contribution in [-0.2, 0) is 10.2 Å². The molecule has 0 radical (unpaired) electrons. The van der Waals surface area contributed by atoms with Gasteiger partial charge >= 0.3 is 0 Å². The minimum atomic E-state index is 0.187. The number of benzene rings is 2. The summed E-state index contributed by atoms with van der Waals surface area (Å²) in [5, 5.41) is 2.64. The molecule has 2 nitrogen and oxygen atoms in total. The first kappa shape index (κ1) is 13.6. The van der Waals surface area contributed by atoms with E-state index in [0.717, 1.165) is 26.1 Å². The normalized spacial score (nSPS) is 18.8. The average molecular weight is 269 g/mol. The third-order valence-corrected chi connectivity index (χ3v) is 4.44. The molecule has 1 heterocycles. The van der Waals surface area contributed by atoms with Gasteiger partial charge in [0.15, 0.2) is 0 Å². The Kier molecular flexibility index (Phi) is 3.53. The van der Waals surface area contributed by atoms with Crippen molar-refractivity contribution in [1.82, 2.24) is 0 Å². The maximum Gasteiger partial charge on any atom is 0.0585 e. The predicted octanol–water partition coefficient (Wildman–Crippen LogP) is 3.54. The van der Waals surface area contributed by atoms with E-state index in [1.165, 1.54) is 21.9 Å². The maximum absolute atomic E-state index is 5.92. The molecule has 2 N–H and O–H groups in total. The van der Waals surface area contributed by atoms with Crippen molar-refractivity contribution in [3.8, 4) is 0 Å². The van der Waals surface area contributed by atoms with E-state index in [1.54, 1.807) is 0 Å².